The third-order valence-electron chi connectivity index (χ3n) is 11.6. The van der Waals surface area contributed by atoms with Crippen LogP contribution in [0.5, 0.6) is 0 Å². The van der Waals surface area contributed by atoms with E-state index in [1.54, 1.807) is 23.2 Å². The topological polar surface area (TPSA) is 142 Å². The molecular formula is C47H50N8O4. The van der Waals surface area contributed by atoms with Gasteiger partial charge in [-0.15, -0.1) is 0 Å². The molecule has 2 fully saturated rings. The smallest absolute Gasteiger partial charge is 0.407 e. The zero-order valence-corrected chi connectivity index (χ0v) is 33.7. The fourth-order valence-corrected chi connectivity index (χ4v) is 8.58. The average molecular weight is 791 g/mol. The number of nitrogens with zero attached hydrogens (tertiary/aromatic N) is 6. The van der Waals surface area contributed by atoms with E-state index in [1.165, 1.54) is 12.6 Å². The van der Waals surface area contributed by atoms with Crippen LogP contribution in [0.15, 0.2) is 116 Å². The van der Waals surface area contributed by atoms with E-state index in [1.807, 2.05) is 55.5 Å². The van der Waals surface area contributed by atoms with Crippen molar-refractivity contribution in [2.75, 3.05) is 34.2 Å². The maximum absolute atomic E-state index is 14.0. The van der Waals surface area contributed by atoms with Crippen LogP contribution in [0.4, 0.5) is 4.79 Å². The first-order valence-electron chi connectivity index (χ1n) is 20.3. The highest BCUT2D eigenvalue weighted by Crippen LogP contribution is 2.36. The predicted molar refractivity (Wildman–Crippen MR) is 227 cm³/mol. The number of rotatable bonds is 12. The van der Waals surface area contributed by atoms with Crippen LogP contribution in [0.3, 0.4) is 0 Å². The summed E-state index contributed by atoms with van der Waals surface area (Å²) in [4.78, 5) is 62.9. The van der Waals surface area contributed by atoms with Gasteiger partial charge in [-0.05, 0) is 78.7 Å². The summed E-state index contributed by atoms with van der Waals surface area (Å²) in [5.74, 6) is 1.38. The Kier molecular flexibility index (Phi) is 11.4. The molecule has 0 aliphatic carbocycles. The SMILES string of the molecule is CN(C)Cc1ccccc1CC(=O)N1CCC[C@H]1c1ncc(-c2ccc(-c3ccc(-c4cnc([C@@H]5CCCN5C(=O)[C@@H](c5ccccc5)N(C)C(=O)O)[nH]4)cc3)cc2)[nH]1. The second-order valence-electron chi connectivity index (χ2n) is 15.8. The fraction of sp³-hybridized carbons (Fsp3) is 0.298. The third kappa shape index (κ3) is 8.40. The molecule has 0 saturated carbocycles. The third-order valence-corrected chi connectivity index (χ3v) is 11.6. The highest BCUT2D eigenvalue weighted by Gasteiger charge is 2.39. The van der Waals surface area contributed by atoms with E-state index in [0.717, 1.165) is 88.7 Å². The first kappa shape index (κ1) is 39.3. The van der Waals surface area contributed by atoms with E-state index in [-0.39, 0.29) is 23.9 Å². The second kappa shape index (κ2) is 17.1. The quantitative estimate of drug-likeness (QED) is 0.114. The molecule has 4 heterocycles. The second-order valence-corrected chi connectivity index (χ2v) is 15.8. The number of imidazole rings is 2. The Morgan fingerprint density at radius 3 is 1.71 bits per heavy atom. The van der Waals surface area contributed by atoms with Gasteiger partial charge in [0.1, 0.15) is 17.7 Å². The molecule has 0 bridgehead atoms. The average Bonchev–Trinajstić information content (AvgIpc) is 4.09. The van der Waals surface area contributed by atoms with E-state index in [0.29, 0.717) is 24.4 Å². The largest absolute Gasteiger partial charge is 0.465 e. The Hall–Kier alpha value is -6.53. The van der Waals surface area contributed by atoms with Crippen LogP contribution in [0.25, 0.3) is 33.6 Å². The number of likely N-dealkylation sites (N-methyl/N-ethyl adjacent to an activating group) is 1. The molecule has 302 valence electrons. The number of aromatic amines is 2. The highest BCUT2D eigenvalue weighted by molar-refractivity contribution is 5.87. The van der Waals surface area contributed by atoms with Crippen LogP contribution in [0.2, 0.25) is 0 Å². The number of amides is 3. The first-order valence-corrected chi connectivity index (χ1v) is 20.3. The van der Waals surface area contributed by atoms with Gasteiger partial charge in [-0.3, -0.25) is 14.5 Å². The van der Waals surface area contributed by atoms with Gasteiger partial charge in [0.15, 0.2) is 0 Å². The van der Waals surface area contributed by atoms with Gasteiger partial charge in [0.25, 0.3) is 5.91 Å². The molecule has 2 saturated heterocycles. The number of likely N-dealkylation sites (tertiary alicyclic amines) is 2. The number of carbonyl (C=O) groups is 3. The fourth-order valence-electron chi connectivity index (χ4n) is 8.58. The lowest BCUT2D eigenvalue weighted by atomic mass is 10.0. The summed E-state index contributed by atoms with van der Waals surface area (Å²) in [5.41, 5.74) is 8.78. The summed E-state index contributed by atoms with van der Waals surface area (Å²) in [5, 5.41) is 9.80. The van der Waals surface area contributed by atoms with Crippen LogP contribution in [-0.2, 0) is 22.6 Å². The van der Waals surface area contributed by atoms with Crippen LogP contribution in [0.1, 0.15) is 72.1 Å². The van der Waals surface area contributed by atoms with Gasteiger partial charge in [-0.1, -0.05) is 103 Å². The van der Waals surface area contributed by atoms with Crippen molar-refractivity contribution in [2.45, 2.75) is 56.8 Å². The van der Waals surface area contributed by atoms with Crippen LogP contribution in [-0.4, -0.2) is 96.8 Å². The van der Waals surface area contributed by atoms with Crippen molar-refractivity contribution in [3.63, 3.8) is 0 Å². The normalized spacial score (nSPS) is 17.1. The van der Waals surface area contributed by atoms with E-state index < -0.39 is 12.1 Å². The van der Waals surface area contributed by atoms with Crippen molar-refractivity contribution in [3.8, 4) is 33.6 Å². The lowest BCUT2D eigenvalue weighted by molar-refractivity contribution is -0.137. The zero-order valence-electron chi connectivity index (χ0n) is 33.7. The molecule has 3 amide bonds. The van der Waals surface area contributed by atoms with Crippen LogP contribution < -0.4 is 0 Å². The Morgan fingerprint density at radius 1 is 0.678 bits per heavy atom. The zero-order chi connectivity index (χ0) is 41.0. The first-order chi connectivity index (χ1) is 28.6. The molecule has 0 radical (unpaired) electrons. The molecule has 2 aliphatic rings. The maximum atomic E-state index is 14.0. The van der Waals surface area contributed by atoms with Gasteiger partial charge in [-0.2, -0.15) is 0 Å². The minimum Gasteiger partial charge on any atom is -0.465 e. The molecule has 3 N–H and O–H groups in total. The molecule has 2 aliphatic heterocycles. The predicted octanol–water partition coefficient (Wildman–Crippen LogP) is 8.12. The number of hydrogen-bond acceptors (Lipinski definition) is 6. The summed E-state index contributed by atoms with van der Waals surface area (Å²) in [6, 6.07) is 32.6. The molecule has 59 heavy (non-hydrogen) atoms. The molecule has 0 unspecified atom stereocenters. The molecule has 6 aromatic rings. The van der Waals surface area contributed by atoms with Gasteiger partial charge < -0.3 is 29.8 Å². The number of aromatic nitrogens is 4. The Balaban J connectivity index is 0.917. The summed E-state index contributed by atoms with van der Waals surface area (Å²) < 4.78 is 0. The summed E-state index contributed by atoms with van der Waals surface area (Å²) >= 11 is 0. The standard InChI is InChI=1S/C47H50N8O4/c1-52(2)30-37-14-8-7-13-36(37)27-42(56)54-25-9-15-40(54)44-48-28-38(50-44)33-21-17-31(18-22-33)32-19-23-34(24-20-32)39-29-49-45(51-39)41-16-10-26-55(41)46(57)43(53(3)47(58)59)35-11-5-4-6-12-35/h4-8,11-14,17-24,28-29,40-41,43H,9-10,15-16,25-27,30H2,1-3H3,(H,48,50)(H,49,51)(H,58,59)/t40-,41-,43+/m0/s1. The highest BCUT2D eigenvalue weighted by atomic mass is 16.4. The van der Waals surface area contributed by atoms with E-state index in [9.17, 15) is 19.5 Å². The van der Waals surface area contributed by atoms with Gasteiger partial charge in [-0.25, -0.2) is 14.8 Å². The van der Waals surface area contributed by atoms with Crippen molar-refractivity contribution in [1.29, 1.82) is 0 Å². The summed E-state index contributed by atoms with van der Waals surface area (Å²) in [6.07, 6.45) is 6.24. The molecule has 2 aromatic heterocycles. The molecule has 3 atom stereocenters. The van der Waals surface area contributed by atoms with Crippen molar-refractivity contribution in [2.24, 2.45) is 0 Å². The van der Waals surface area contributed by atoms with Crippen LogP contribution in [0, 0.1) is 0 Å². The summed E-state index contributed by atoms with van der Waals surface area (Å²) in [7, 11) is 5.52. The molecule has 8 rings (SSSR count). The lowest BCUT2D eigenvalue weighted by Crippen LogP contribution is -2.43. The van der Waals surface area contributed by atoms with Crippen molar-refractivity contribution in [1.82, 2.24) is 39.5 Å². The van der Waals surface area contributed by atoms with E-state index in [2.05, 4.69) is 75.5 Å². The van der Waals surface area contributed by atoms with Gasteiger partial charge in [0.2, 0.25) is 5.91 Å². The van der Waals surface area contributed by atoms with E-state index in [4.69, 9.17) is 9.97 Å². The van der Waals surface area contributed by atoms with Gasteiger partial charge in [0.05, 0.1) is 42.3 Å². The van der Waals surface area contributed by atoms with Crippen LogP contribution >= 0.6 is 0 Å². The maximum Gasteiger partial charge on any atom is 0.407 e. The Bertz CT molecular complexity index is 2410. The number of benzene rings is 4. The van der Waals surface area contributed by atoms with Crippen molar-refractivity contribution >= 4 is 17.9 Å². The monoisotopic (exact) mass is 790 g/mol. The van der Waals surface area contributed by atoms with E-state index >= 15 is 0 Å². The van der Waals surface area contributed by atoms with Gasteiger partial charge in [0, 0.05) is 26.7 Å². The van der Waals surface area contributed by atoms with Crippen molar-refractivity contribution in [3.05, 3.63) is 144 Å². The Morgan fingerprint density at radius 2 is 1.17 bits per heavy atom. The number of hydrogen-bond donors (Lipinski definition) is 3. The number of nitrogens with one attached hydrogen (secondary N) is 2. The summed E-state index contributed by atoms with van der Waals surface area (Å²) in [6.45, 7) is 2.05. The lowest BCUT2D eigenvalue weighted by Gasteiger charge is -2.32. The van der Waals surface area contributed by atoms with Gasteiger partial charge >= 0.3 is 6.09 Å². The minimum atomic E-state index is -1.16. The molecule has 4 aromatic carbocycles. The minimum absolute atomic E-state index is 0.0709. The molecule has 12 heteroatoms. The number of carboxylic acid groups (broad SMARTS) is 1. The molecule has 0 spiro atoms. The molecule has 12 nitrogen and oxygen atoms in total. The number of H-pyrrole nitrogens is 2. The Labute approximate surface area is 344 Å². The number of carbonyl (C=O) groups excluding carboxylic acids is 2. The van der Waals surface area contributed by atoms with Crippen molar-refractivity contribution < 1.29 is 19.5 Å². The molecular weight excluding hydrogens is 741 g/mol.